The summed E-state index contributed by atoms with van der Waals surface area (Å²) >= 11 is 0. The SMILES string of the molecule is CCC(CC)N(CC(F)(F)F)C(=O)[C@@H]1CCCNC1. The Labute approximate surface area is 112 Å². The summed E-state index contributed by atoms with van der Waals surface area (Å²) in [7, 11) is 0. The van der Waals surface area contributed by atoms with Crippen molar-refractivity contribution in [3.8, 4) is 0 Å². The van der Waals surface area contributed by atoms with Crippen molar-refractivity contribution >= 4 is 5.91 Å². The quantitative estimate of drug-likeness (QED) is 0.839. The van der Waals surface area contributed by atoms with Gasteiger partial charge in [0.25, 0.3) is 0 Å². The molecule has 0 saturated carbocycles. The van der Waals surface area contributed by atoms with E-state index in [0.717, 1.165) is 17.9 Å². The topological polar surface area (TPSA) is 32.3 Å². The number of piperidine rings is 1. The lowest BCUT2D eigenvalue weighted by molar-refractivity contribution is -0.169. The molecule has 1 N–H and O–H groups in total. The number of nitrogens with zero attached hydrogens (tertiary/aromatic N) is 1. The second kappa shape index (κ2) is 7.12. The van der Waals surface area contributed by atoms with Crippen molar-refractivity contribution in [3.63, 3.8) is 0 Å². The normalized spacial score (nSPS) is 20.6. The Bertz CT molecular complexity index is 284. The first-order chi connectivity index (χ1) is 8.89. The van der Waals surface area contributed by atoms with Gasteiger partial charge < -0.3 is 10.2 Å². The summed E-state index contributed by atoms with van der Waals surface area (Å²) in [5.74, 6) is -0.657. The molecule has 0 spiro atoms. The van der Waals surface area contributed by atoms with Gasteiger partial charge in [0.2, 0.25) is 5.91 Å². The molecule has 0 aromatic heterocycles. The Kier molecular flexibility index (Phi) is 6.10. The van der Waals surface area contributed by atoms with E-state index in [1.54, 1.807) is 0 Å². The van der Waals surface area contributed by atoms with Crippen LogP contribution in [0.2, 0.25) is 0 Å². The van der Waals surface area contributed by atoms with Gasteiger partial charge >= 0.3 is 6.18 Å². The highest BCUT2D eigenvalue weighted by Gasteiger charge is 2.38. The molecule has 0 aliphatic carbocycles. The van der Waals surface area contributed by atoms with Gasteiger partial charge in [-0.25, -0.2) is 0 Å². The van der Waals surface area contributed by atoms with Gasteiger partial charge in [-0.3, -0.25) is 4.79 Å². The molecule has 1 rings (SSSR count). The number of halogens is 3. The lowest BCUT2D eigenvalue weighted by Crippen LogP contribution is -2.50. The average Bonchev–Trinajstić information content (AvgIpc) is 2.38. The van der Waals surface area contributed by atoms with Crippen molar-refractivity contribution in [1.29, 1.82) is 0 Å². The van der Waals surface area contributed by atoms with Crippen LogP contribution >= 0.6 is 0 Å². The van der Waals surface area contributed by atoms with E-state index < -0.39 is 12.7 Å². The smallest absolute Gasteiger partial charge is 0.330 e. The number of hydrogen-bond acceptors (Lipinski definition) is 2. The molecule has 112 valence electrons. The maximum atomic E-state index is 12.7. The third-order valence-corrected chi connectivity index (χ3v) is 3.66. The van der Waals surface area contributed by atoms with Crippen LogP contribution in [0.5, 0.6) is 0 Å². The summed E-state index contributed by atoms with van der Waals surface area (Å²) in [6, 6.07) is -0.323. The minimum atomic E-state index is -4.33. The molecule has 1 aliphatic rings. The van der Waals surface area contributed by atoms with Crippen molar-refractivity contribution in [2.24, 2.45) is 5.92 Å². The molecule has 6 heteroatoms. The van der Waals surface area contributed by atoms with E-state index in [1.165, 1.54) is 0 Å². The van der Waals surface area contributed by atoms with E-state index in [2.05, 4.69) is 5.32 Å². The molecular weight excluding hydrogens is 257 g/mol. The highest BCUT2D eigenvalue weighted by Crippen LogP contribution is 2.24. The summed E-state index contributed by atoms with van der Waals surface area (Å²) in [6.07, 6.45) is -1.70. The fourth-order valence-corrected chi connectivity index (χ4v) is 2.61. The molecule has 1 heterocycles. The van der Waals surface area contributed by atoms with E-state index in [-0.39, 0.29) is 17.9 Å². The lowest BCUT2D eigenvalue weighted by atomic mass is 9.96. The summed E-state index contributed by atoms with van der Waals surface area (Å²) in [5.41, 5.74) is 0. The van der Waals surface area contributed by atoms with Crippen LogP contribution in [0.4, 0.5) is 13.2 Å². The van der Waals surface area contributed by atoms with Crippen molar-refractivity contribution in [2.75, 3.05) is 19.6 Å². The van der Waals surface area contributed by atoms with Crippen LogP contribution in [-0.2, 0) is 4.79 Å². The fraction of sp³-hybridized carbons (Fsp3) is 0.923. The largest absolute Gasteiger partial charge is 0.406 e. The fourth-order valence-electron chi connectivity index (χ4n) is 2.61. The van der Waals surface area contributed by atoms with Crippen LogP contribution < -0.4 is 5.32 Å². The highest BCUT2D eigenvalue weighted by molar-refractivity contribution is 5.79. The first kappa shape index (κ1) is 16.3. The molecule has 3 nitrogen and oxygen atoms in total. The second-order valence-corrected chi connectivity index (χ2v) is 5.09. The summed E-state index contributed by atoms with van der Waals surface area (Å²) < 4.78 is 38.0. The number of carbonyl (C=O) groups excluding carboxylic acids is 1. The molecular formula is C13H23F3N2O. The van der Waals surface area contributed by atoms with E-state index in [9.17, 15) is 18.0 Å². The standard InChI is InChI=1S/C13H23F3N2O/c1-3-11(4-2)18(9-13(14,15)16)12(19)10-6-5-7-17-8-10/h10-11,17H,3-9H2,1-2H3/t10-/m1/s1. The molecule has 0 bridgehead atoms. The van der Waals surface area contributed by atoms with Crippen molar-refractivity contribution in [2.45, 2.75) is 51.7 Å². The van der Waals surface area contributed by atoms with Gasteiger partial charge in [0.15, 0.2) is 0 Å². The maximum Gasteiger partial charge on any atom is 0.406 e. The van der Waals surface area contributed by atoms with Crippen LogP contribution in [-0.4, -0.2) is 42.7 Å². The summed E-state index contributed by atoms with van der Waals surface area (Å²) in [6.45, 7) is 3.85. The molecule has 1 fully saturated rings. The molecule has 19 heavy (non-hydrogen) atoms. The predicted molar refractivity (Wildman–Crippen MR) is 67.7 cm³/mol. The van der Waals surface area contributed by atoms with Gasteiger partial charge in [-0.2, -0.15) is 13.2 Å². The van der Waals surface area contributed by atoms with Gasteiger partial charge in [-0.05, 0) is 32.2 Å². The first-order valence-electron chi connectivity index (χ1n) is 6.97. The third kappa shape index (κ3) is 5.01. The van der Waals surface area contributed by atoms with Crippen LogP contribution in [0.25, 0.3) is 0 Å². The van der Waals surface area contributed by atoms with Crippen LogP contribution in [0.15, 0.2) is 0 Å². The Balaban J connectivity index is 2.78. The first-order valence-corrected chi connectivity index (χ1v) is 6.97. The zero-order valence-corrected chi connectivity index (χ0v) is 11.6. The van der Waals surface area contributed by atoms with E-state index in [0.29, 0.717) is 25.8 Å². The van der Waals surface area contributed by atoms with Gasteiger partial charge in [0.1, 0.15) is 6.54 Å². The molecule has 1 saturated heterocycles. The van der Waals surface area contributed by atoms with Crippen LogP contribution in [0, 0.1) is 5.92 Å². The molecule has 0 aromatic carbocycles. The summed E-state index contributed by atoms with van der Waals surface area (Å²) in [5, 5.41) is 3.08. The average molecular weight is 280 g/mol. The van der Waals surface area contributed by atoms with Crippen LogP contribution in [0.1, 0.15) is 39.5 Å². The number of carbonyl (C=O) groups is 1. The number of amides is 1. The number of rotatable bonds is 5. The maximum absolute atomic E-state index is 12.7. The molecule has 0 radical (unpaired) electrons. The molecule has 1 atom stereocenters. The Morgan fingerprint density at radius 2 is 2.00 bits per heavy atom. The van der Waals surface area contributed by atoms with E-state index >= 15 is 0 Å². The Morgan fingerprint density at radius 1 is 1.37 bits per heavy atom. The van der Waals surface area contributed by atoms with Crippen molar-refractivity contribution in [1.82, 2.24) is 10.2 Å². The molecule has 1 amide bonds. The van der Waals surface area contributed by atoms with Crippen molar-refractivity contribution < 1.29 is 18.0 Å². The summed E-state index contributed by atoms with van der Waals surface area (Å²) in [4.78, 5) is 13.4. The number of nitrogens with one attached hydrogen (secondary N) is 1. The van der Waals surface area contributed by atoms with Crippen LogP contribution in [0.3, 0.4) is 0 Å². The van der Waals surface area contributed by atoms with Crippen molar-refractivity contribution in [3.05, 3.63) is 0 Å². The Morgan fingerprint density at radius 3 is 2.42 bits per heavy atom. The highest BCUT2D eigenvalue weighted by atomic mass is 19.4. The zero-order chi connectivity index (χ0) is 14.5. The van der Waals surface area contributed by atoms with Gasteiger partial charge in [0, 0.05) is 12.6 Å². The predicted octanol–water partition coefficient (Wildman–Crippen LogP) is 2.57. The monoisotopic (exact) mass is 280 g/mol. The third-order valence-electron chi connectivity index (χ3n) is 3.66. The van der Waals surface area contributed by atoms with Gasteiger partial charge in [0.05, 0.1) is 5.92 Å². The minimum absolute atomic E-state index is 0.309. The lowest BCUT2D eigenvalue weighted by Gasteiger charge is -2.35. The Hall–Kier alpha value is -0.780. The molecule has 0 unspecified atom stereocenters. The van der Waals surface area contributed by atoms with E-state index in [4.69, 9.17) is 0 Å². The zero-order valence-electron chi connectivity index (χ0n) is 11.6. The second-order valence-electron chi connectivity index (χ2n) is 5.09. The minimum Gasteiger partial charge on any atom is -0.330 e. The number of alkyl halides is 3. The molecule has 1 aliphatic heterocycles. The van der Waals surface area contributed by atoms with Gasteiger partial charge in [-0.1, -0.05) is 13.8 Å². The van der Waals surface area contributed by atoms with E-state index in [1.807, 2.05) is 13.8 Å². The number of hydrogen-bond donors (Lipinski definition) is 1. The molecule has 0 aromatic rings. The van der Waals surface area contributed by atoms with Gasteiger partial charge in [-0.15, -0.1) is 0 Å².